The van der Waals surface area contributed by atoms with Gasteiger partial charge in [-0.2, -0.15) is 0 Å². The maximum atomic E-state index is 5.81. The molecule has 0 saturated carbocycles. The molecular weight excluding hydrogens is 318 g/mol. The van der Waals surface area contributed by atoms with Gasteiger partial charge in [0.2, 0.25) is 0 Å². The standard InChI is InChI=1S/C16H14BrNO2/c17-16-14-4-2-1-3-11(14)5-8-15(16)19-10-13-7-6-12(9-18)20-13/h1-8H,9-10,18H2. The smallest absolute Gasteiger partial charge is 0.146 e. The van der Waals surface area contributed by atoms with Crippen LogP contribution in [0.15, 0.2) is 57.4 Å². The predicted molar refractivity (Wildman–Crippen MR) is 82.6 cm³/mol. The number of fused-ring (bicyclic) bond motifs is 1. The van der Waals surface area contributed by atoms with Crippen molar-refractivity contribution in [3.63, 3.8) is 0 Å². The molecule has 0 fully saturated rings. The molecule has 3 nitrogen and oxygen atoms in total. The van der Waals surface area contributed by atoms with E-state index in [1.807, 2.05) is 36.4 Å². The lowest BCUT2D eigenvalue weighted by atomic mass is 10.1. The van der Waals surface area contributed by atoms with Crippen LogP contribution in [0.3, 0.4) is 0 Å². The zero-order valence-electron chi connectivity index (χ0n) is 10.8. The molecule has 0 saturated heterocycles. The topological polar surface area (TPSA) is 48.4 Å². The van der Waals surface area contributed by atoms with Crippen molar-refractivity contribution in [2.75, 3.05) is 0 Å². The highest BCUT2D eigenvalue weighted by atomic mass is 79.9. The van der Waals surface area contributed by atoms with E-state index in [1.165, 1.54) is 5.39 Å². The highest BCUT2D eigenvalue weighted by Crippen LogP contribution is 2.33. The van der Waals surface area contributed by atoms with Crippen LogP contribution in [-0.4, -0.2) is 0 Å². The number of ether oxygens (including phenoxy) is 1. The summed E-state index contributed by atoms with van der Waals surface area (Å²) >= 11 is 3.60. The van der Waals surface area contributed by atoms with Gasteiger partial charge in [0.1, 0.15) is 23.9 Å². The molecule has 1 aromatic heterocycles. The summed E-state index contributed by atoms with van der Waals surface area (Å²) in [7, 11) is 0. The average Bonchev–Trinajstić information content (AvgIpc) is 2.95. The maximum absolute atomic E-state index is 5.81. The van der Waals surface area contributed by atoms with Crippen molar-refractivity contribution in [2.45, 2.75) is 13.2 Å². The molecule has 102 valence electrons. The molecule has 2 aromatic carbocycles. The van der Waals surface area contributed by atoms with Gasteiger partial charge in [0.05, 0.1) is 11.0 Å². The number of hydrogen-bond acceptors (Lipinski definition) is 3. The summed E-state index contributed by atoms with van der Waals surface area (Å²) in [6, 6.07) is 15.9. The summed E-state index contributed by atoms with van der Waals surface area (Å²) in [5, 5.41) is 2.31. The molecule has 0 atom stereocenters. The number of halogens is 1. The molecule has 0 amide bonds. The van der Waals surface area contributed by atoms with Crippen LogP contribution < -0.4 is 10.5 Å². The van der Waals surface area contributed by atoms with Crippen LogP contribution in [0.1, 0.15) is 11.5 Å². The van der Waals surface area contributed by atoms with Crippen molar-refractivity contribution in [3.05, 3.63) is 64.5 Å². The quantitative estimate of drug-likeness (QED) is 0.778. The molecule has 4 heteroatoms. The molecule has 0 spiro atoms. The fraction of sp³-hybridized carbons (Fsp3) is 0.125. The van der Waals surface area contributed by atoms with E-state index in [9.17, 15) is 0 Å². The van der Waals surface area contributed by atoms with Crippen LogP contribution in [0.4, 0.5) is 0 Å². The molecule has 1 heterocycles. The van der Waals surface area contributed by atoms with Crippen molar-refractivity contribution in [3.8, 4) is 5.75 Å². The van der Waals surface area contributed by atoms with Crippen LogP contribution in [0.2, 0.25) is 0 Å². The van der Waals surface area contributed by atoms with E-state index in [0.29, 0.717) is 13.2 Å². The van der Waals surface area contributed by atoms with Crippen molar-refractivity contribution in [1.82, 2.24) is 0 Å². The van der Waals surface area contributed by atoms with E-state index in [1.54, 1.807) is 0 Å². The summed E-state index contributed by atoms with van der Waals surface area (Å²) in [6.45, 7) is 0.788. The lowest BCUT2D eigenvalue weighted by molar-refractivity contribution is 0.265. The second-order valence-corrected chi connectivity index (χ2v) is 5.25. The van der Waals surface area contributed by atoms with E-state index in [2.05, 4.69) is 28.1 Å². The van der Waals surface area contributed by atoms with Gasteiger partial charge >= 0.3 is 0 Å². The molecule has 3 aromatic rings. The molecule has 0 aliphatic heterocycles. The third-order valence-electron chi connectivity index (χ3n) is 3.12. The molecule has 2 N–H and O–H groups in total. The fourth-order valence-electron chi connectivity index (χ4n) is 2.08. The van der Waals surface area contributed by atoms with Crippen molar-refractivity contribution in [2.24, 2.45) is 5.73 Å². The van der Waals surface area contributed by atoms with Crippen LogP contribution in [-0.2, 0) is 13.2 Å². The molecule has 0 unspecified atom stereocenters. The van der Waals surface area contributed by atoms with Gasteiger partial charge in [-0.1, -0.05) is 30.3 Å². The second-order valence-electron chi connectivity index (χ2n) is 4.46. The lowest BCUT2D eigenvalue weighted by Gasteiger charge is -2.09. The first kappa shape index (κ1) is 13.2. The monoisotopic (exact) mass is 331 g/mol. The number of rotatable bonds is 4. The van der Waals surface area contributed by atoms with Gasteiger partial charge < -0.3 is 14.9 Å². The molecule has 20 heavy (non-hydrogen) atoms. The van der Waals surface area contributed by atoms with Gasteiger partial charge in [-0.05, 0) is 44.9 Å². The minimum absolute atomic E-state index is 0.386. The van der Waals surface area contributed by atoms with E-state index in [0.717, 1.165) is 27.1 Å². The van der Waals surface area contributed by atoms with Crippen LogP contribution in [0.25, 0.3) is 10.8 Å². The van der Waals surface area contributed by atoms with E-state index < -0.39 is 0 Å². The Labute approximate surface area is 125 Å². The van der Waals surface area contributed by atoms with Crippen LogP contribution >= 0.6 is 15.9 Å². The number of furan rings is 1. The Morgan fingerprint density at radius 2 is 1.80 bits per heavy atom. The Morgan fingerprint density at radius 1 is 1.00 bits per heavy atom. The molecule has 0 radical (unpaired) electrons. The Bertz CT molecular complexity index is 736. The average molecular weight is 332 g/mol. The first-order chi connectivity index (χ1) is 9.78. The molecular formula is C16H14BrNO2. The van der Waals surface area contributed by atoms with Gasteiger partial charge in [-0.15, -0.1) is 0 Å². The Balaban J connectivity index is 1.82. The van der Waals surface area contributed by atoms with Crippen LogP contribution in [0.5, 0.6) is 5.75 Å². The molecule has 0 aliphatic rings. The largest absolute Gasteiger partial charge is 0.484 e. The van der Waals surface area contributed by atoms with Gasteiger partial charge in [0, 0.05) is 0 Å². The first-order valence-corrected chi connectivity index (χ1v) is 7.15. The normalized spacial score (nSPS) is 10.9. The number of hydrogen-bond donors (Lipinski definition) is 1. The first-order valence-electron chi connectivity index (χ1n) is 6.35. The minimum atomic E-state index is 0.386. The molecule has 0 bridgehead atoms. The van der Waals surface area contributed by atoms with Gasteiger partial charge in [-0.3, -0.25) is 0 Å². The van der Waals surface area contributed by atoms with E-state index in [4.69, 9.17) is 14.9 Å². The molecule has 0 aliphatic carbocycles. The highest BCUT2D eigenvalue weighted by Gasteiger charge is 2.07. The maximum Gasteiger partial charge on any atom is 0.146 e. The summed E-state index contributed by atoms with van der Waals surface area (Å²) in [4.78, 5) is 0. The zero-order valence-corrected chi connectivity index (χ0v) is 12.4. The van der Waals surface area contributed by atoms with Gasteiger partial charge in [0.25, 0.3) is 0 Å². The predicted octanol–water partition coefficient (Wildman–Crippen LogP) is 4.23. The van der Waals surface area contributed by atoms with E-state index >= 15 is 0 Å². The van der Waals surface area contributed by atoms with Crippen LogP contribution in [0, 0.1) is 0 Å². The lowest BCUT2D eigenvalue weighted by Crippen LogP contribution is -1.96. The van der Waals surface area contributed by atoms with E-state index in [-0.39, 0.29) is 0 Å². The SMILES string of the molecule is NCc1ccc(COc2ccc3ccccc3c2Br)o1. The number of nitrogens with two attached hydrogens (primary N) is 1. The zero-order chi connectivity index (χ0) is 13.9. The summed E-state index contributed by atoms with van der Waals surface area (Å²) < 4.78 is 12.3. The Kier molecular flexibility index (Phi) is 3.76. The fourth-order valence-corrected chi connectivity index (χ4v) is 2.69. The second kappa shape index (κ2) is 5.69. The van der Waals surface area contributed by atoms with Gasteiger partial charge in [-0.25, -0.2) is 0 Å². The minimum Gasteiger partial charge on any atom is -0.484 e. The highest BCUT2D eigenvalue weighted by molar-refractivity contribution is 9.10. The van der Waals surface area contributed by atoms with Crippen molar-refractivity contribution >= 4 is 26.7 Å². The third-order valence-corrected chi connectivity index (χ3v) is 3.93. The Morgan fingerprint density at radius 3 is 2.60 bits per heavy atom. The summed E-state index contributed by atoms with van der Waals surface area (Å²) in [5.41, 5.74) is 5.51. The Hall–Kier alpha value is -1.78. The summed E-state index contributed by atoms with van der Waals surface area (Å²) in [5.74, 6) is 2.33. The molecule has 3 rings (SSSR count). The van der Waals surface area contributed by atoms with Crippen molar-refractivity contribution < 1.29 is 9.15 Å². The third kappa shape index (κ3) is 2.57. The number of benzene rings is 2. The summed E-state index contributed by atoms with van der Waals surface area (Å²) in [6.07, 6.45) is 0. The van der Waals surface area contributed by atoms with Crippen molar-refractivity contribution in [1.29, 1.82) is 0 Å². The van der Waals surface area contributed by atoms with Gasteiger partial charge in [0.15, 0.2) is 0 Å².